The molecule has 0 N–H and O–H groups in total. The van der Waals surface area contributed by atoms with Gasteiger partial charge >= 0.3 is 6.18 Å². The Balaban J connectivity index is 0.000000345. The van der Waals surface area contributed by atoms with Crippen molar-refractivity contribution >= 4 is 39.1 Å². The van der Waals surface area contributed by atoms with Crippen molar-refractivity contribution < 1.29 is 22.6 Å². The molecule has 1 heterocycles. The smallest absolute Gasteiger partial charge is 0.349 e. The van der Waals surface area contributed by atoms with Gasteiger partial charge in [0.15, 0.2) is 6.29 Å². The summed E-state index contributed by atoms with van der Waals surface area (Å²) in [5.41, 5.74) is -0.718. The Morgan fingerprint density at radius 1 is 1.25 bits per heavy atom. The topological polar surface area (TPSA) is 18.5 Å². The highest BCUT2D eigenvalue weighted by molar-refractivity contribution is 9.09. The van der Waals surface area contributed by atoms with Crippen molar-refractivity contribution in [1.82, 2.24) is 0 Å². The van der Waals surface area contributed by atoms with Gasteiger partial charge < -0.3 is 9.47 Å². The molecule has 0 atom stereocenters. The predicted octanol–water partition coefficient (Wildman–Crippen LogP) is 4.97. The zero-order valence-corrected chi connectivity index (χ0v) is 13.7. The summed E-state index contributed by atoms with van der Waals surface area (Å²) in [6.07, 6.45) is -2.81. The van der Waals surface area contributed by atoms with Crippen molar-refractivity contribution in [3.63, 3.8) is 0 Å². The average molecular weight is 398 g/mol. The van der Waals surface area contributed by atoms with Crippen LogP contribution in [0.2, 0.25) is 5.02 Å². The van der Waals surface area contributed by atoms with Gasteiger partial charge in [-0.1, -0.05) is 33.6 Å². The first-order valence-electron chi connectivity index (χ1n) is 5.43. The van der Waals surface area contributed by atoms with Crippen LogP contribution >= 0.6 is 39.1 Å². The summed E-state index contributed by atoms with van der Waals surface area (Å²) in [5.74, 6) is 0. The molecule has 8 heteroatoms. The third-order valence-corrected chi connectivity index (χ3v) is 2.73. The lowest BCUT2D eigenvalue weighted by molar-refractivity contribution is -0.137. The summed E-state index contributed by atoms with van der Waals surface area (Å²) >= 11 is 13.2. The van der Waals surface area contributed by atoms with Crippen LogP contribution in [0.25, 0.3) is 0 Å². The molecule has 1 aliphatic heterocycles. The minimum Gasteiger partial charge on any atom is -0.349 e. The van der Waals surface area contributed by atoms with E-state index < -0.39 is 11.7 Å². The van der Waals surface area contributed by atoms with Gasteiger partial charge in [-0.2, -0.15) is 13.2 Å². The van der Waals surface area contributed by atoms with Gasteiger partial charge in [-0.05, 0) is 18.2 Å². The first kappa shape index (κ1) is 20.0. The van der Waals surface area contributed by atoms with Crippen LogP contribution in [-0.4, -0.2) is 31.2 Å². The Bertz CT molecular complexity index is 372. The highest BCUT2D eigenvalue weighted by atomic mass is 79.9. The maximum Gasteiger partial charge on any atom is 0.416 e. The molecule has 116 valence electrons. The molecule has 1 aromatic rings. The number of halogens is 6. The summed E-state index contributed by atoms with van der Waals surface area (Å²) in [5, 5.41) is 0.882. The molecular formula is C12H14BrCl2F3O2. The van der Waals surface area contributed by atoms with Crippen molar-refractivity contribution in [2.24, 2.45) is 0 Å². The van der Waals surface area contributed by atoms with Crippen LogP contribution in [0.4, 0.5) is 13.2 Å². The fourth-order valence-electron chi connectivity index (χ4n) is 1.16. The van der Waals surface area contributed by atoms with Crippen molar-refractivity contribution in [1.29, 1.82) is 0 Å². The molecule has 20 heavy (non-hydrogen) atoms. The largest absolute Gasteiger partial charge is 0.416 e. The van der Waals surface area contributed by atoms with Crippen molar-refractivity contribution in [2.45, 2.75) is 12.5 Å². The van der Waals surface area contributed by atoms with Crippen LogP contribution in [0.3, 0.4) is 0 Å². The van der Waals surface area contributed by atoms with E-state index >= 15 is 0 Å². The van der Waals surface area contributed by atoms with Crippen molar-refractivity contribution in [2.75, 3.05) is 24.9 Å². The van der Waals surface area contributed by atoms with Crippen LogP contribution in [0.1, 0.15) is 5.56 Å². The summed E-state index contributed by atoms with van der Waals surface area (Å²) < 4.78 is 45.8. The maximum absolute atomic E-state index is 11.9. The molecule has 0 saturated carbocycles. The third kappa shape index (κ3) is 8.32. The highest BCUT2D eigenvalue weighted by Gasteiger charge is 2.30. The summed E-state index contributed by atoms with van der Waals surface area (Å²) in [6, 6.07) is 4.54. The second-order valence-corrected chi connectivity index (χ2v) is 4.42. The second-order valence-electron chi connectivity index (χ2n) is 3.33. The number of hydrogen-bond donors (Lipinski definition) is 0. The molecule has 0 aliphatic carbocycles. The standard InChI is InChI=1S/C7H4ClF3.C4H7BrO2.CH3Cl/c8-6-3-1-2-5(4-6)7(9,10)11;5-3-4-6-1-2-7-4;1-2/h1-4H;4H,1-3H2;1H3. The van der Waals surface area contributed by atoms with Gasteiger partial charge in [-0.15, -0.1) is 11.6 Å². The molecule has 0 radical (unpaired) electrons. The SMILES string of the molecule is BrCC1OCCO1.CCl.FC(F)(F)c1cccc(Cl)c1. The van der Waals surface area contributed by atoms with E-state index in [1.807, 2.05) is 0 Å². The van der Waals surface area contributed by atoms with Crippen molar-refractivity contribution in [3.05, 3.63) is 34.9 Å². The molecule has 1 aliphatic rings. The Morgan fingerprint density at radius 2 is 1.80 bits per heavy atom. The van der Waals surface area contributed by atoms with Gasteiger partial charge in [-0.25, -0.2) is 0 Å². The number of benzene rings is 1. The Morgan fingerprint density at radius 3 is 2.10 bits per heavy atom. The summed E-state index contributed by atoms with van der Waals surface area (Å²) in [6.45, 7) is 1.49. The van der Waals surface area contributed by atoms with Gasteiger partial charge in [0.25, 0.3) is 0 Å². The van der Waals surface area contributed by atoms with E-state index in [4.69, 9.17) is 21.1 Å². The minimum absolute atomic E-state index is 0.0139. The summed E-state index contributed by atoms with van der Waals surface area (Å²) in [7, 11) is 0. The first-order chi connectivity index (χ1) is 9.43. The molecule has 2 nitrogen and oxygen atoms in total. The first-order valence-corrected chi connectivity index (χ1v) is 7.68. The van der Waals surface area contributed by atoms with Gasteiger partial charge in [0.2, 0.25) is 0 Å². The monoisotopic (exact) mass is 396 g/mol. The van der Waals surface area contributed by atoms with E-state index in [-0.39, 0.29) is 11.3 Å². The molecule has 0 unspecified atom stereocenters. The predicted molar refractivity (Wildman–Crippen MR) is 77.7 cm³/mol. The van der Waals surface area contributed by atoms with E-state index in [1.165, 1.54) is 18.5 Å². The zero-order chi connectivity index (χ0) is 15.6. The normalized spacial score (nSPS) is 14.9. The van der Waals surface area contributed by atoms with Crippen LogP contribution in [0, 0.1) is 0 Å². The van der Waals surface area contributed by atoms with Crippen LogP contribution in [0.5, 0.6) is 0 Å². The molecule has 0 spiro atoms. The Kier molecular flexibility index (Phi) is 10.7. The lowest BCUT2D eigenvalue weighted by Gasteiger charge is -2.05. The lowest BCUT2D eigenvalue weighted by atomic mass is 10.2. The number of hydrogen-bond acceptors (Lipinski definition) is 2. The van der Waals surface area contributed by atoms with Gasteiger partial charge in [-0.3, -0.25) is 0 Å². The van der Waals surface area contributed by atoms with Gasteiger partial charge in [0, 0.05) is 11.4 Å². The second kappa shape index (κ2) is 10.7. The zero-order valence-electron chi connectivity index (χ0n) is 10.6. The molecule has 1 saturated heterocycles. The van der Waals surface area contributed by atoms with Gasteiger partial charge in [0.05, 0.1) is 24.1 Å². The summed E-state index contributed by atoms with van der Waals surface area (Å²) in [4.78, 5) is 0. The molecule has 0 aromatic heterocycles. The fraction of sp³-hybridized carbons (Fsp3) is 0.500. The number of ether oxygens (including phenoxy) is 2. The van der Waals surface area contributed by atoms with E-state index in [9.17, 15) is 13.2 Å². The van der Waals surface area contributed by atoms with E-state index in [1.54, 1.807) is 0 Å². The molecule has 1 aromatic carbocycles. The Labute approximate surface area is 134 Å². The molecular weight excluding hydrogens is 384 g/mol. The van der Waals surface area contributed by atoms with Crippen LogP contribution in [-0.2, 0) is 15.7 Å². The van der Waals surface area contributed by atoms with Gasteiger partial charge in [0.1, 0.15) is 0 Å². The van der Waals surface area contributed by atoms with E-state index in [2.05, 4.69) is 27.5 Å². The van der Waals surface area contributed by atoms with Crippen LogP contribution in [0.15, 0.2) is 24.3 Å². The molecule has 0 amide bonds. The number of alkyl halides is 5. The molecule has 2 rings (SSSR count). The highest BCUT2D eigenvalue weighted by Crippen LogP contribution is 2.30. The number of rotatable bonds is 1. The minimum atomic E-state index is -4.30. The van der Waals surface area contributed by atoms with Crippen LogP contribution < -0.4 is 0 Å². The lowest BCUT2D eigenvalue weighted by Crippen LogP contribution is -2.07. The van der Waals surface area contributed by atoms with E-state index in [0.717, 1.165) is 30.7 Å². The third-order valence-electron chi connectivity index (χ3n) is 1.97. The Hall–Kier alpha value is -0.0100. The van der Waals surface area contributed by atoms with Crippen molar-refractivity contribution in [3.8, 4) is 0 Å². The molecule has 1 fully saturated rings. The van der Waals surface area contributed by atoms with E-state index in [0.29, 0.717) is 0 Å². The quantitative estimate of drug-likeness (QED) is 0.623. The fourth-order valence-corrected chi connectivity index (χ4v) is 1.73. The average Bonchev–Trinajstić information content (AvgIpc) is 2.94. The maximum atomic E-state index is 11.9. The molecule has 0 bridgehead atoms.